The number of rotatable bonds is 2. The normalized spacial score (nSPS) is 12.0. The molecule has 1 nitrogen and oxygen atoms in total. The van der Waals surface area contributed by atoms with E-state index in [9.17, 15) is 8.78 Å². The van der Waals surface area contributed by atoms with Crippen molar-refractivity contribution in [1.29, 1.82) is 0 Å². The van der Waals surface area contributed by atoms with Gasteiger partial charge in [-0.3, -0.25) is 0 Å². The van der Waals surface area contributed by atoms with E-state index in [0.717, 1.165) is 11.3 Å². The molecule has 0 aliphatic carbocycles. The molecule has 1 aromatic rings. The van der Waals surface area contributed by atoms with Crippen LogP contribution in [0.25, 0.3) is 0 Å². The molecule has 1 heterocycles. The van der Waals surface area contributed by atoms with Gasteiger partial charge in [0.2, 0.25) is 0 Å². The first-order valence-electron chi connectivity index (χ1n) is 2.90. The number of hydrogen-bond donors (Lipinski definition) is 1. The summed E-state index contributed by atoms with van der Waals surface area (Å²) in [4.78, 5) is 0.00637. The van der Waals surface area contributed by atoms with Crippen LogP contribution in [0.2, 0.25) is 0 Å². The van der Waals surface area contributed by atoms with Gasteiger partial charge in [0.15, 0.2) is 0 Å². The highest BCUT2D eigenvalue weighted by Crippen LogP contribution is 2.34. The van der Waals surface area contributed by atoms with Crippen molar-refractivity contribution in [2.24, 2.45) is 5.73 Å². The molecule has 0 unspecified atom stereocenters. The van der Waals surface area contributed by atoms with Gasteiger partial charge in [-0.2, -0.15) is 8.78 Å². The molecule has 11 heavy (non-hydrogen) atoms. The van der Waals surface area contributed by atoms with Crippen LogP contribution in [0.15, 0.2) is 15.9 Å². The number of thiophene rings is 1. The zero-order chi connectivity index (χ0) is 8.48. The van der Waals surface area contributed by atoms with Gasteiger partial charge < -0.3 is 5.73 Å². The molecule has 0 spiro atoms. The summed E-state index contributed by atoms with van der Waals surface area (Å²) in [6.45, 7) is -0.639. The van der Waals surface area contributed by atoms with E-state index in [1.165, 1.54) is 6.07 Å². The molecule has 0 saturated heterocycles. The fourth-order valence-corrected chi connectivity index (χ4v) is 1.98. The molecule has 62 valence electrons. The number of halogens is 3. The Kier molecular flexibility index (Phi) is 2.61. The summed E-state index contributed by atoms with van der Waals surface area (Å²) in [5.41, 5.74) is 4.89. The number of alkyl halides is 2. The Labute approximate surface area is 75.3 Å². The van der Waals surface area contributed by atoms with Crippen molar-refractivity contribution in [2.45, 2.75) is 5.92 Å². The maximum absolute atomic E-state index is 12.8. The quantitative estimate of drug-likeness (QED) is 0.847. The van der Waals surface area contributed by atoms with E-state index in [1.54, 1.807) is 6.07 Å². The lowest BCUT2D eigenvalue weighted by atomic mass is 10.3. The highest BCUT2D eigenvalue weighted by atomic mass is 79.9. The fraction of sp³-hybridized carbons (Fsp3) is 0.333. The highest BCUT2D eigenvalue weighted by Gasteiger charge is 2.30. The lowest BCUT2D eigenvalue weighted by Crippen LogP contribution is -2.23. The molecule has 0 bridgehead atoms. The summed E-state index contributed by atoms with van der Waals surface area (Å²) in [7, 11) is 0. The van der Waals surface area contributed by atoms with Gasteiger partial charge in [0.25, 0.3) is 5.92 Å². The first-order valence-corrected chi connectivity index (χ1v) is 4.51. The van der Waals surface area contributed by atoms with E-state index in [0.29, 0.717) is 3.79 Å². The van der Waals surface area contributed by atoms with Crippen LogP contribution in [0, 0.1) is 0 Å². The molecule has 0 amide bonds. The summed E-state index contributed by atoms with van der Waals surface area (Å²) in [5, 5.41) is 0. The van der Waals surface area contributed by atoms with Gasteiger partial charge in [0.05, 0.1) is 15.2 Å². The zero-order valence-corrected chi connectivity index (χ0v) is 7.88. The molecule has 1 rings (SSSR count). The Morgan fingerprint density at radius 2 is 2.18 bits per heavy atom. The second-order valence-electron chi connectivity index (χ2n) is 2.01. The third kappa shape index (κ3) is 1.98. The minimum Gasteiger partial charge on any atom is -0.325 e. The summed E-state index contributed by atoms with van der Waals surface area (Å²) < 4.78 is 26.2. The molecule has 0 saturated carbocycles. The second kappa shape index (κ2) is 3.16. The maximum atomic E-state index is 12.8. The molecular formula is C6H6BrF2NS. The van der Waals surface area contributed by atoms with Crippen LogP contribution in [0.4, 0.5) is 8.78 Å². The molecule has 0 fully saturated rings. The third-order valence-corrected chi connectivity index (χ3v) is 2.93. The third-order valence-electron chi connectivity index (χ3n) is 1.19. The average molecular weight is 242 g/mol. The van der Waals surface area contributed by atoms with Crippen LogP contribution in [-0.4, -0.2) is 6.54 Å². The van der Waals surface area contributed by atoms with Gasteiger partial charge in [-0.05, 0) is 28.1 Å². The topological polar surface area (TPSA) is 26.0 Å². The summed E-state index contributed by atoms with van der Waals surface area (Å²) in [5.74, 6) is -2.88. The second-order valence-corrected chi connectivity index (χ2v) is 4.48. The molecule has 0 radical (unpaired) electrons. The van der Waals surface area contributed by atoms with E-state index >= 15 is 0 Å². The largest absolute Gasteiger partial charge is 0.325 e. The van der Waals surface area contributed by atoms with Crippen molar-refractivity contribution in [2.75, 3.05) is 6.54 Å². The summed E-state index contributed by atoms with van der Waals surface area (Å²) >= 11 is 4.10. The lowest BCUT2D eigenvalue weighted by molar-refractivity contribution is 0.00990. The Balaban J connectivity index is 2.92. The standard InChI is InChI=1S/C6H6BrF2NS/c7-5-2-1-4(11-5)6(8,9)3-10/h1-2H,3,10H2. The summed E-state index contributed by atoms with van der Waals surface area (Å²) in [6.07, 6.45) is 0. The van der Waals surface area contributed by atoms with Crippen molar-refractivity contribution in [3.05, 3.63) is 20.8 Å². The SMILES string of the molecule is NCC(F)(F)c1ccc(Br)s1. The Bertz CT molecular complexity index is 248. The minimum absolute atomic E-state index is 0.00637. The maximum Gasteiger partial charge on any atom is 0.294 e. The van der Waals surface area contributed by atoms with E-state index in [1.807, 2.05) is 0 Å². The van der Waals surface area contributed by atoms with Crippen LogP contribution in [0.1, 0.15) is 4.88 Å². The van der Waals surface area contributed by atoms with Crippen molar-refractivity contribution in [3.63, 3.8) is 0 Å². The highest BCUT2D eigenvalue weighted by molar-refractivity contribution is 9.11. The van der Waals surface area contributed by atoms with Crippen molar-refractivity contribution >= 4 is 27.3 Å². The minimum atomic E-state index is -2.88. The predicted octanol–water partition coefficient (Wildman–Crippen LogP) is 2.56. The van der Waals surface area contributed by atoms with E-state index in [4.69, 9.17) is 5.73 Å². The molecule has 2 N–H and O–H groups in total. The molecule has 1 aromatic heterocycles. The van der Waals surface area contributed by atoms with Gasteiger partial charge >= 0.3 is 0 Å². The van der Waals surface area contributed by atoms with Gasteiger partial charge in [-0.15, -0.1) is 11.3 Å². The Morgan fingerprint density at radius 1 is 1.55 bits per heavy atom. The molecule has 0 aromatic carbocycles. The van der Waals surface area contributed by atoms with Gasteiger partial charge in [0.1, 0.15) is 0 Å². The van der Waals surface area contributed by atoms with Crippen molar-refractivity contribution < 1.29 is 8.78 Å². The first-order chi connectivity index (χ1) is 5.06. The van der Waals surface area contributed by atoms with Crippen LogP contribution < -0.4 is 5.73 Å². The van der Waals surface area contributed by atoms with Gasteiger partial charge in [0, 0.05) is 0 Å². The van der Waals surface area contributed by atoms with Crippen LogP contribution >= 0.6 is 27.3 Å². The van der Waals surface area contributed by atoms with Gasteiger partial charge in [-0.25, -0.2) is 0 Å². The fourth-order valence-electron chi connectivity index (χ4n) is 0.611. The molecule has 5 heteroatoms. The van der Waals surface area contributed by atoms with Crippen molar-refractivity contribution in [3.8, 4) is 0 Å². The van der Waals surface area contributed by atoms with Crippen LogP contribution in [-0.2, 0) is 5.92 Å². The smallest absolute Gasteiger partial charge is 0.294 e. The molecule has 0 aliphatic rings. The molecular weight excluding hydrogens is 236 g/mol. The monoisotopic (exact) mass is 241 g/mol. The van der Waals surface area contributed by atoms with Gasteiger partial charge in [-0.1, -0.05) is 0 Å². The number of nitrogens with two attached hydrogens (primary N) is 1. The average Bonchev–Trinajstić information content (AvgIpc) is 2.36. The first kappa shape index (κ1) is 9.09. The molecule has 0 atom stereocenters. The zero-order valence-electron chi connectivity index (χ0n) is 5.48. The van der Waals surface area contributed by atoms with Crippen LogP contribution in [0.5, 0.6) is 0 Å². The number of hydrogen-bond acceptors (Lipinski definition) is 2. The molecule has 0 aliphatic heterocycles. The Hall–Kier alpha value is -0.0000000000000000833. The Morgan fingerprint density at radius 3 is 2.55 bits per heavy atom. The van der Waals surface area contributed by atoms with E-state index in [-0.39, 0.29) is 4.88 Å². The predicted molar refractivity (Wildman–Crippen MR) is 45.0 cm³/mol. The van der Waals surface area contributed by atoms with Crippen LogP contribution in [0.3, 0.4) is 0 Å². The lowest BCUT2D eigenvalue weighted by Gasteiger charge is -2.09. The summed E-state index contributed by atoms with van der Waals surface area (Å²) in [6, 6.07) is 2.96. The van der Waals surface area contributed by atoms with Crippen molar-refractivity contribution in [1.82, 2.24) is 0 Å². The van der Waals surface area contributed by atoms with E-state index < -0.39 is 12.5 Å². The van der Waals surface area contributed by atoms with E-state index in [2.05, 4.69) is 15.9 Å².